The lowest BCUT2D eigenvalue weighted by atomic mass is 10.2. The van der Waals surface area contributed by atoms with Crippen LogP contribution in [-0.4, -0.2) is 66.2 Å². The van der Waals surface area contributed by atoms with Gasteiger partial charge in [-0.1, -0.05) is 0 Å². The van der Waals surface area contributed by atoms with E-state index in [0.29, 0.717) is 18.1 Å². The van der Waals surface area contributed by atoms with Crippen molar-refractivity contribution in [3.63, 3.8) is 0 Å². The van der Waals surface area contributed by atoms with Crippen LogP contribution < -0.4 is 4.74 Å². The monoisotopic (exact) mass is 317 g/mol. The highest BCUT2D eigenvalue weighted by atomic mass is 19.4. The van der Waals surface area contributed by atoms with Crippen LogP contribution in [-0.2, 0) is 0 Å². The van der Waals surface area contributed by atoms with Crippen molar-refractivity contribution >= 4 is 5.91 Å². The number of carbonyl (C=O) groups is 1. The lowest BCUT2D eigenvalue weighted by Gasteiger charge is -2.35. The van der Waals surface area contributed by atoms with Gasteiger partial charge in [-0.15, -0.1) is 0 Å². The molecular formula is C14H18F3N3O2. The third-order valence-corrected chi connectivity index (χ3v) is 3.34. The standard InChI is InChI=1S/C14H18F3N3O2/c1-2-22-12-4-3-11(9-18-12)13(21)20-7-5-19(6-8-20)10-14(15,16)17/h3-4,9H,2,5-8,10H2,1H3. The molecule has 2 heterocycles. The highest BCUT2D eigenvalue weighted by Crippen LogP contribution is 2.18. The van der Waals surface area contributed by atoms with Crippen molar-refractivity contribution in [1.82, 2.24) is 14.8 Å². The van der Waals surface area contributed by atoms with Crippen molar-refractivity contribution < 1.29 is 22.7 Å². The topological polar surface area (TPSA) is 45.7 Å². The Balaban J connectivity index is 1.89. The van der Waals surface area contributed by atoms with Crippen molar-refractivity contribution in [3.8, 4) is 5.88 Å². The van der Waals surface area contributed by atoms with Crippen LogP contribution in [0.5, 0.6) is 5.88 Å². The molecule has 122 valence electrons. The fourth-order valence-corrected chi connectivity index (χ4v) is 2.29. The highest BCUT2D eigenvalue weighted by molar-refractivity contribution is 5.94. The minimum atomic E-state index is -4.20. The fourth-order valence-electron chi connectivity index (χ4n) is 2.29. The van der Waals surface area contributed by atoms with Gasteiger partial charge in [0, 0.05) is 38.4 Å². The Morgan fingerprint density at radius 1 is 1.27 bits per heavy atom. The largest absolute Gasteiger partial charge is 0.478 e. The molecule has 5 nitrogen and oxygen atoms in total. The van der Waals surface area contributed by atoms with Gasteiger partial charge in [0.05, 0.1) is 18.7 Å². The smallest absolute Gasteiger partial charge is 0.401 e. The quantitative estimate of drug-likeness (QED) is 0.849. The number of hydrogen-bond acceptors (Lipinski definition) is 4. The van der Waals surface area contributed by atoms with E-state index in [9.17, 15) is 18.0 Å². The zero-order chi connectivity index (χ0) is 16.2. The Morgan fingerprint density at radius 3 is 2.45 bits per heavy atom. The number of pyridine rings is 1. The number of alkyl halides is 3. The average molecular weight is 317 g/mol. The van der Waals surface area contributed by atoms with E-state index >= 15 is 0 Å². The van der Waals surface area contributed by atoms with Gasteiger partial charge in [0.2, 0.25) is 5.88 Å². The van der Waals surface area contributed by atoms with Crippen LogP contribution in [0.15, 0.2) is 18.3 Å². The molecule has 0 saturated carbocycles. The summed E-state index contributed by atoms with van der Waals surface area (Å²) >= 11 is 0. The van der Waals surface area contributed by atoms with Crippen LogP contribution in [0.3, 0.4) is 0 Å². The van der Waals surface area contributed by atoms with Crippen molar-refractivity contribution in [2.75, 3.05) is 39.3 Å². The normalized spacial score (nSPS) is 16.6. The van der Waals surface area contributed by atoms with E-state index in [4.69, 9.17) is 4.74 Å². The Hall–Kier alpha value is -1.83. The van der Waals surface area contributed by atoms with Gasteiger partial charge in [-0.25, -0.2) is 4.98 Å². The fraction of sp³-hybridized carbons (Fsp3) is 0.571. The summed E-state index contributed by atoms with van der Waals surface area (Å²) in [6, 6.07) is 3.22. The number of rotatable bonds is 4. The van der Waals surface area contributed by atoms with E-state index in [-0.39, 0.29) is 32.1 Å². The number of halogens is 3. The summed E-state index contributed by atoms with van der Waals surface area (Å²) in [5, 5.41) is 0. The first-order valence-electron chi connectivity index (χ1n) is 7.06. The van der Waals surface area contributed by atoms with Crippen molar-refractivity contribution in [2.24, 2.45) is 0 Å². The molecule has 2 rings (SSSR count). The summed E-state index contributed by atoms with van der Waals surface area (Å²) in [7, 11) is 0. The van der Waals surface area contributed by atoms with Crippen molar-refractivity contribution in [3.05, 3.63) is 23.9 Å². The maximum Gasteiger partial charge on any atom is 0.401 e. The van der Waals surface area contributed by atoms with Crippen LogP contribution >= 0.6 is 0 Å². The molecule has 1 saturated heterocycles. The molecule has 0 bridgehead atoms. The minimum Gasteiger partial charge on any atom is -0.478 e. The molecule has 0 spiro atoms. The lowest BCUT2D eigenvalue weighted by Crippen LogP contribution is -2.50. The first-order valence-corrected chi connectivity index (χ1v) is 7.06. The number of carbonyl (C=O) groups excluding carboxylic acids is 1. The average Bonchev–Trinajstić information content (AvgIpc) is 2.47. The van der Waals surface area contributed by atoms with Gasteiger partial charge in [0.15, 0.2) is 0 Å². The molecule has 1 amide bonds. The zero-order valence-electron chi connectivity index (χ0n) is 12.3. The molecule has 1 aromatic heterocycles. The molecule has 1 aromatic rings. The number of hydrogen-bond donors (Lipinski definition) is 0. The minimum absolute atomic E-state index is 0.218. The summed E-state index contributed by atoms with van der Waals surface area (Å²) < 4.78 is 42.2. The molecule has 1 fully saturated rings. The molecule has 0 unspecified atom stereocenters. The van der Waals surface area contributed by atoms with Crippen LogP contribution in [0, 0.1) is 0 Å². The van der Waals surface area contributed by atoms with Crippen LogP contribution in [0.4, 0.5) is 13.2 Å². The predicted octanol–water partition coefficient (Wildman–Crippen LogP) is 1.80. The molecular weight excluding hydrogens is 299 g/mol. The molecule has 0 N–H and O–H groups in total. The van der Waals surface area contributed by atoms with Crippen LogP contribution in [0.2, 0.25) is 0 Å². The van der Waals surface area contributed by atoms with Gasteiger partial charge in [-0.3, -0.25) is 9.69 Å². The maximum absolute atomic E-state index is 12.3. The number of amides is 1. The molecule has 1 aliphatic heterocycles. The lowest BCUT2D eigenvalue weighted by molar-refractivity contribution is -0.148. The summed E-state index contributed by atoms with van der Waals surface area (Å²) in [6.45, 7) is 2.39. The molecule has 0 aliphatic carbocycles. The van der Waals surface area contributed by atoms with Gasteiger partial charge in [0.25, 0.3) is 5.91 Å². The molecule has 8 heteroatoms. The number of aromatic nitrogens is 1. The second kappa shape index (κ2) is 6.95. The Bertz CT molecular complexity index is 497. The van der Waals surface area contributed by atoms with E-state index in [1.165, 1.54) is 11.1 Å². The molecule has 1 aliphatic rings. The van der Waals surface area contributed by atoms with E-state index in [2.05, 4.69) is 4.98 Å². The van der Waals surface area contributed by atoms with E-state index < -0.39 is 12.7 Å². The molecule has 22 heavy (non-hydrogen) atoms. The van der Waals surface area contributed by atoms with Crippen LogP contribution in [0.1, 0.15) is 17.3 Å². The summed E-state index contributed by atoms with van der Waals surface area (Å²) in [5.41, 5.74) is 0.410. The zero-order valence-corrected chi connectivity index (χ0v) is 12.3. The predicted molar refractivity (Wildman–Crippen MR) is 73.8 cm³/mol. The molecule has 0 aromatic carbocycles. The third-order valence-electron chi connectivity index (χ3n) is 3.34. The third kappa shape index (κ3) is 4.59. The number of nitrogens with zero attached hydrogens (tertiary/aromatic N) is 3. The van der Waals surface area contributed by atoms with E-state index in [1.54, 1.807) is 17.0 Å². The van der Waals surface area contributed by atoms with Crippen molar-refractivity contribution in [2.45, 2.75) is 13.1 Å². The molecule has 0 radical (unpaired) electrons. The Kier molecular flexibility index (Phi) is 5.23. The number of piperazine rings is 1. The summed E-state index contributed by atoms with van der Waals surface area (Å²) in [6.07, 6.45) is -2.78. The van der Waals surface area contributed by atoms with Gasteiger partial charge < -0.3 is 9.64 Å². The second-order valence-corrected chi connectivity index (χ2v) is 5.00. The SMILES string of the molecule is CCOc1ccc(C(=O)N2CCN(CC(F)(F)F)CC2)cn1. The first kappa shape index (κ1) is 16.5. The van der Waals surface area contributed by atoms with Gasteiger partial charge in [0.1, 0.15) is 0 Å². The van der Waals surface area contributed by atoms with Gasteiger partial charge in [-0.05, 0) is 13.0 Å². The van der Waals surface area contributed by atoms with Crippen LogP contribution in [0.25, 0.3) is 0 Å². The Morgan fingerprint density at radius 2 is 1.95 bits per heavy atom. The highest BCUT2D eigenvalue weighted by Gasteiger charge is 2.33. The van der Waals surface area contributed by atoms with Gasteiger partial charge in [-0.2, -0.15) is 13.2 Å². The maximum atomic E-state index is 12.3. The number of ether oxygens (including phenoxy) is 1. The second-order valence-electron chi connectivity index (χ2n) is 5.00. The van der Waals surface area contributed by atoms with E-state index in [0.717, 1.165) is 0 Å². The van der Waals surface area contributed by atoms with E-state index in [1.807, 2.05) is 6.92 Å². The molecule has 0 atom stereocenters. The first-order chi connectivity index (χ1) is 10.4. The summed E-state index contributed by atoms with van der Waals surface area (Å²) in [5.74, 6) is 0.219. The Labute approximate surface area is 126 Å². The van der Waals surface area contributed by atoms with Gasteiger partial charge >= 0.3 is 6.18 Å². The van der Waals surface area contributed by atoms with Crippen molar-refractivity contribution in [1.29, 1.82) is 0 Å². The summed E-state index contributed by atoms with van der Waals surface area (Å²) in [4.78, 5) is 19.1.